The van der Waals surface area contributed by atoms with E-state index < -0.39 is 18.6 Å². The SMILES string of the molecule is O=C(Cc1ccc(NC(=O)c2cc3ccccc3s2)cc1)NCC(F)(F)F. The summed E-state index contributed by atoms with van der Waals surface area (Å²) in [6.45, 7) is -1.35. The van der Waals surface area contributed by atoms with Gasteiger partial charge in [-0.05, 0) is 35.2 Å². The van der Waals surface area contributed by atoms with E-state index in [0.29, 0.717) is 16.1 Å². The van der Waals surface area contributed by atoms with Crippen LogP contribution in [0.3, 0.4) is 0 Å². The summed E-state index contributed by atoms with van der Waals surface area (Å²) in [7, 11) is 0. The van der Waals surface area contributed by atoms with Crippen LogP contribution in [0.1, 0.15) is 15.2 Å². The lowest BCUT2D eigenvalue weighted by atomic mass is 10.1. The lowest BCUT2D eigenvalue weighted by Gasteiger charge is -2.09. The number of amides is 2. The number of benzene rings is 2. The fourth-order valence-corrected chi connectivity index (χ4v) is 3.40. The molecule has 2 aromatic carbocycles. The molecule has 0 aliphatic carbocycles. The highest BCUT2D eigenvalue weighted by atomic mass is 32.1. The number of halogens is 3. The lowest BCUT2D eigenvalue weighted by Crippen LogP contribution is -2.34. The largest absolute Gasteiger partial charge is 0.405 e. The zero-order valence-electron chi connectivity index (χ0n) is 14.0. The number of rotatable bonds is 5. The van der Waals surface area contributed by atoms with Crippen molar-refractivity contribution >= 4 is 38.9 Å². The summed E-state index contributed by atoms with van der Waals surface area (Å²) in [5.41, 5.74) is 1.09. The molecule has 3 aromatic rings. The van der Waals surface area contributed by atoms with Crippen LogP contribution in [-0.4, -0.2) is 24.5 Å². The van der Waals surface area contributed by atoms with Crippen molar-refractivity contribution in [2.24, 2.45) is 0 Å². The van der Waals surface area contributed by atoms with Gasteiger partial charge < -0.3 is 10.6 Å². The van der Waals surface area contributed by atoms with Crippen molar-refractivity contribution in [2.45, 2.75) is 12.6 Å². The number of thiophene rings is 1. The molecular formula is C19H15F3N2O2S. The molecule has 0 radical (unpaired) electrons. The van der Waals surface area contributed by atoms with E-state index >= 15 is 0 Å². The Bertz CT molecular complexity index is 932. The highest BCUT2D eigenvalue weighted by Crippen LogP contribution is 2.26. The van der Waals surface area contributed by atoms with E-state index in [1.807, 2.05) is 35.6 Å². The van der Waals surface area contributed by atoms with E-state index in [1.54, 1.807) is 24.3 Å². The van der Waals surface area contributed by atoms with Gasteiger partial charge in [-0.15, -0.1) is 11.3 Å². The molecule has 0 aliphatic rings. The molecule has 1 aromatic heterocycles. The highest BCUT2D eigenvalue weighted by molar-refractivity contribution is 7.20. The Morgan fingerprint density at radius 3 is 2.37 bits per heavy atom. The standard InChI is InChI=1S/C19H15F3N2O2S/c20-19(21,22)11-23-17(25)9-12-5-7-14(8-6-12)24-18(26)16-10-13-3-1-2-4-15(13)27-16/h1-8,10H,9,11H2,(H,23,25)(H,24,26). The Balaban J connectivity index is 1.58. The first-order valence-electron chi connectivity index (χ1n) is 8.02. The maximum atomic E-state index is 12.4. The summed E-state index contributed by atoms with van der Waals surface area (Å²) in [4.78, 5) is 24.4. The van der Waals surface area contributed by atoms with Gasteiger partial charge in [-0.2, -0.15) is 13.2 Å². The number of hydrogen-bond acceptors (Lipinski definition) is 3. The Morgan fingerprint density at radius 1 is 1.00 bits per heavy atom. The highest BCUT2D eigenvalue weighted by Gasteiger charge is 2.27. The predicted molar refractivity (Wildman–Crippen MR) is 99.0 cm³/mol. The molecule has 140 valence electrons. The minimum absolute atomic E-state index is 0.166. The Labute approximate surface area is 157 Å². The molecule has 4 nitrogen and oxygen atoms in total. The van der Waals surface area contributed by atoms with Gasteiger partial charge in [0.1, 0.15) is 6.54 Å². The normalized spacial score (nSPS) is 11.4. The second-order valence-electron chi connectivity index (χ2n) is 5.87. The second-order valence-corrected chi connectivity index (χ2v) is 6.95. The third kappa shape index (κ3) is 5.30. The van der Waals surface area contributed by atoms with Crippen LogP contribution >= 0.6 is 11.3 Å². The first-order valence-corrected chi connectivity index (χ1v) is 8.84. The molecule has 1 heterocycles. The molecule has 0 spiro atoms. The van der Waals surface area contributed by atoms with Gasteiger partial charge >= 0.3 is 6.18 Å². The van der Waals surface area contributed by atoms with Crippen LogP contribution in [0.4, 0.5) is 18.9 Å². The van der Waals surface area contributed by atoms with Gasteiger partial charge in [0.15, 0.2) is 0 Å². The molecular weight excluding hydrogens is 377 g/mol. The molecule has 0 fully saturated rings. The zero-order chi connectivity index (χ0) is 19.4. The minimum atomic E-state index is -4.43. The summed E-state index contributed by atoms with van der Waals surface area (Å²) >= 11 is 1.39. The van der Waals surface area contributed by atoms with Crippen molar-refractivity contribution in [1.82, 2.24) is 5.32 Å². The molecule has 0 aliphatic heterocycles. The maximum absolute atomic E-state index is 12.4. The summed E-state index contributed by atoms with van der Waals surface area (Å²) in [6, 6.07) is 15.9. The van der Waals surface area contributed by atoms with Crippen LogP contribution in [0.15, 0.2) is 54.6 Å². The monoisotopic (exact) mass is 392 g/mol. The molecule has 0 bridgehead atoms. The summed E-state index contributed by atoms with van der Waals surface area (Å²) in [5.74, 6) is -0.957. The van der Waals surface area contributed by atoms with Gasteiger partial charge in [-0.1, -0.05) is 30.3 Å². The van der Waals surface area contributed by atoms with E-state index in [9.17, 15) is 22.8 Å². The summed E-state index contributed by atoms with van der Waals surface area (Å²) in [5, 5.41) is 5.58. The van der Waals surface area contributed by atoms with Gasteiger partial charge in [-0.3, -0.25) is 9.59 Å². The topological polar surface area (TPSA) is 58.2 Å². The van der Waals surface area contributed by atoms with Crippen LogP contribution in [0, 0.1) is 0 Å². The van der Waals surface area contributed by atoms with Gasteiger partial charge in [0.05, 0.1) is 11.3 Å². The van der Waals surface area contributed by atoms with Crippen molar-refractivity contribution in [2.75, 3.05) is 11.9 Å². The molecule has 8 heteroatoms. The van der Waals surface area contributed by atoms with Crippen LogP contribution in [0.5, 0.6) is 0 Å². The zero-order valence-corrected chi connectivity index (χ0v) is 14.8. The molecule has 3 rings (SSSR count). The van der Waals surface area contributed by atoms with Crippen molar-refractivity contribution in [3.05, 3.63) is 65.0 Å². The van der Waals surface area contributed by atoms with E-state index in [1.165, 1.54) is 11.3 Å². The molecule has 0 unspecified atom stereocenters. The molecule has 27 heavy (non-hydrogen) atoms. The fourth-order valence-electron chi connectivity index (χ4n) is 2.44. The number of carbonyl (C=O) groups is 2. The van der Waals surface area contributed by atoms with Crippen LogP contribution < -0.4 is 10.6 Å². The van der Waals surface area contributed by atoms with E-state index in [0.717, 1.165) is 10.1 Å². The van der Waals surface area contributed by atoms with Gasteiger partial charge in [0.2, 0.25) is 5.91 Å². The molecule has 0 saturated carbocycles. The Hall–Kier alpha value is -2.87. The third-order valence-electron chi connectivity index (χ3n) is 3.71. The van der Waals surface area contributed by atoms with Gasteiger partial charge in [-0.25, -0.2) is 0 Å². The molecule has 0 saturated heterocycles. The van der Waals surface area contributed by atoms with Crippen molar-refractivity contribution < 1.29 is 22.8 Å². The van der Waals surface area contributed by atoms with Crippen LogP contribution in [-0.2, 0) is 11.2 Å². The number of fused-ring (bicyclic) bond motifs is 1. The molecule has 2 amide bonds. The number of alkyl halides is 3. The third-order valence-corrected chi connectivity index (χ3v) is 4.83. The number of nitrogens with one attached hydrogen (secondary N) is 2. The summed E-state index contributed by atoms with van der Waals surface area (Å²) < 4.78 is 37.3. The van der Waals surface area contributed by atoms with Crippen molar-refractivity contribution in [3.63, 3.8) is 0 Å². The van der Waals surface area contributed by atoms with E-state index in [-0.39, 0.29) is 12.3 Å². The molecule has 0 atom stereocenters. The first-order chi connectivity index (χ1) is 12.8. The Morgan fingerprint density at radius 2 is 1.70 bits per heavy atom. The average Bonchev–Trinajstić information content (AvgIpc) is 3.05. The lowest BCUT2D eigenvalue weighted by molar-refractivity contribution is -0.138. The fraction of sp³-hybridized carbons (Fsp3) is 0.158. The molecule has 2 N–H and O–H groups in total. The predicted octanol–water partition coefficient (Wildman–Crippen LogP) is 4.37. The van der Waals surface area contributed by atoms with Crippen LogP contribution in [0.25, 0.3) is 10.1 Å². The smallest absolute Gasteiger partial charge is 0.347 e. The Kier molecular flexibility index (Phi) is 5.46. The van der Waals surface area contributed by atoms with Crippen molar-refractivity contribution in [1.29, 1.82) is 0 Å². The van der Waals surface area contributed by atoms with Gasteiger partial charge in [0.25, 0.3) is 5.91 Å². The average molecular weight is 392 g/mol. The second kappa shape index (κ2) is 7.79. The number of anilines is 1. The number of hydrogen-bond donors (Lipinski definition) is 2. The quantitative estimate of drug-likeness (QED) is 0.677. The minimum Gasteiger partial charge on any atom is -0.347 e. The van der Waals surface area contributed by atoms with Gasteiger partial charge in [0, 0.05) is 10.4 Å². The summed E-state index contributed by atoms with van der Waals surface area (Å²) in [6.07, 6.45) is -4.60. The number of carbonyl (C=O) groups excluding carboxylic acids is 2. The van der Waals surface area contributed by atoms with E-state index in [2.05, 4.69) is 5.32 Å². The maximum Gasteiger partial charge on any atom is 0.405 e. The first kappa shape index (κ1) is 18.9. The van der Waals surface area contributed by atoms with E-state index in [4.69, 9.17) is 0 Å². The van der Waals surface area contributed by atoms with Crippen LogP contribution in [0.2, 0.25) is 0 Å². The van der Waals surface area contributed by atoms with Crippen molar-refractivity contribution in [3.8, 4) is 0 Å².